The van der Waals surface area contributed by atoms with E-state index in [-0.39, 0.29) is 17.8 Å². The van der Waals surface area contributed by atoms with Gasteiger partial charge in [-0.3, -0.25) is 0 Å². The van der Waals surface area contributed by atoms with Crippen LogP contribution in [0.5, 0.6) is 0 Å². The summed E-state index contributed by atoms with van der Waals surface area (Å²) >= 11 is 11.9. The Morgan fingerprint density at radius 3 is 2.50 bits per heavy atom. The zero-order chi connectivity index (χ0) is 16.3. The van der Waals surface area contributed by atoms with E-state index in [4.69, 9.17) is 27.7 Å². The van der Waals surface area contributed by atoms with E-state index in [0.717, 1.165) is 0 Å². The normalized spacial score (nSPS) is 13.1. The maximum atomic E-state index is 11.1. The SMILES string of the molecule is CC(CCS(C)(=O)=O)Nc1nc(-c2cc(Cl)cc(Cl)c2)no1. The molecule has 0 saturated carbocycles. The van der Waals surface area contributed by atoms with Gasteiger partial charge in [0.05, 0.1) is 5.75 Å². The summed E-state index contributed by atoms with van der Waals surface area (Å²) < 4.78 is 27.4. The molecule has 0 aliphatic carbocycles. The summed E-state index contributed by atoms with van der Waals surface area (Å²) in [7, 11) is -2.99. The molecule has 0 aliphatic rings. The van der Waals surface area contributed by atoms with Crippen LogP contribution in [0.15, 0.2) is 22.7 Å². The Hall–Kier alpha value is -1.31. The lowest BCUT2D eigenvalue weighted by molar-refractivity contribution is 0.428. The highest BCUT2D eigenvalue weighted by molar-refractivity contribution is 7.90. The van der Waals surface area contributed by atoms with Crippen LogP contribution in [0.1, 0.15) is 13.3 Å². The Balaban J connectivity index is 2.05. The Bertz CT molecular complexity index is 741. The minimum atomic E-state index is -2.99. The lowest BCUT2D eigenvalue weighted by Crippen LogP contribution is -2.19. The van der Waals surface area contributed by atoms with Crippen molar-refractivity contribution >= 4 is 39.1 Å². The van der Waals surface area contributed by atoms with Gasteiger partial charge >= 0.3 is 6.01 Å². The third-order valence-corrected chi connectivity index (χ3v) is 4.25. The lowest BCUT2D eigenvalue weighted by atomic mass is 10.2. The van der Waals surface area contributed by atoms with E-state index in [1.54, 1.807) is 18.2 Å². The van der Waals surface area contributed by atoms with Crippen LogP contribution in [0.4, 0.5) is 6.01 Å². The Kier molecular flexibility index (Phi) is 5.31. The highest BCUT2D eigenvalue weighted by Crippen LogP contribution is 2.26. The van der Waals surface area contributed by atoms with Gasteiger partial charge in [-0.1, -0.05) is 28.4 Å². The molecule has 1 atom stereocenters. The average molecular weight is 364 g/mol. The Morgan fingerprint density at radius 2 is 1.91 bits per heavy atom. The van der Waals surface area contributed by atoms with Gasteiger partial charge in [-0.25, -0.2) is 8.42 Å². The van der Waals surface area contributed by atoms with Gasteiger partial charge in [0.15, 0.2) is 0 Å². The predicted octanol–water partition coefficient (Wildman–Crippen LogP) is 3.28. The third-order valence-electron chi connectivity index (χ3n) is 2.84. The minimum absolute atomic E-state index is 0.0893. The van der Waals surface area contributed by atoms with Gasteiger partial charge in [-0.15, -0.1) is 0 Å². The average Bonchev–Trinajstić information content (AvgIpc) is 2.83. The molecule has 0 spiro atoms. The van der Waals surface area contributed by atoms with Crippen LogP contribution in [-0.2, 0) is 9.84 Å². The van der Waals surface area contributed by atoms with Crippen molar-refractivity contribution in [3.63, 3.8) is 0 Å². The maximum absolute atomic E-state index is 11.1. The predicted molar refractivity (Wildman–Crippen MR) is 87.2 cm³/mol. The number of aromatic nitrogens is 2. The first-order valence-corrected chi connectivity index (χ1v) is 9.29. The molecule has 0 bridgehead atoms. The van der Waals surface area contributed by atoms with Crippen molar-refractivity contribution in [1.29, 1.82) is 0 Å². The van der Waals surface area contributed by atoms with Crippen LogP contribution >= 0.6 is 23.2 Å². The topological polar surface area (TPSA) is 85.1 Å². The first-order chi connectivity index (χ1) is 10.2. The molecule has 0 aliphatic heterocycles. The van der Waals surface area contributed by atoms with Crippen LogP contribution in [0.25, 0.3) is 11.4 Å². The van der Waals surface area contributed by atoms with E-state index in [2.05, 4.69) is 15.5 Å². The molecule has 120 valence electrons. The fourth-order valence-corrected chi connectivity index (χ4v) is 3.06. The summed E-state index contributed by atoms with van der Waals surface area (Å²) in [6.45, 7) is 1.84. The molecule has 22 heavy (non-hydrogen) atoms. The van der Waals surface area contributed by atoms with Gasteiger partial charge < -0.3 is 9.84 Å². The van der Waals surface area contributed by atoms with E-state index < -0.39 is 9.84 Å². The monoisotopic (exact) mass is 363 g/mol. The van der Waals surface area contributed by atoms with Crippen molar-refractivity contribution in [2.24, 2.45) is 0 Å². The third kappa shape index (κ3) is 5.15. The second kappa shape index (κ2) is 6.85. The summed E-state index contributed by atoms with van der Waals surface area (Å²) in [6, 6.07) is 5.06. The van der Waals surface area contributed by atoms with Gasteiger partial charge in [0, 0.05) is 27.9 Å². The number of halogens is 2. The second-order valence-corrected chi connectivity index (χ2v) is 8.18. The van der Waals surface area contributed by atoms with Crippen molar-refractivity contribution in [2.75, 3.05) is 17.3 Å². The highest BCUT2D eigenvalue weighted by atomic mass is 35.5. The first-order valence-electron chi connectivity index (χ1n) is 6.47. The standard InChI is InChI=1S/C13H15Cl2N3O3S/c1-8(3-4-22(2,19)20)16-13-17-12(18-21-13)9-5-10(14)7-11(15)6-9/h5-8H,3-4H2,1-2H3,(H,16,17,18). The molecule has 0 fully saturated rings. The number of hydrogen-bond donors (Lipinski definition) is 1. The van der Waals surface area contributed by atoms with Gasteiger partial charge in [-0.2, -0.15) is 4.98 Å². The molecule has 0 radical (unpaired) electrons. The quantitative estimate of drug-likeness (QED) is 0.847. The lowest BCUT2D eigenvalue weighted by Gasteiger charge is -2.10. The molecule has 1 aromatic heterocycles. The highest BCUT2D eigenvalue weighted by Gasteiger charge is 2.13. The van der Waals surface area contributed by atoms with Crippen molar-refractivity contribution in [3.8, 4) is 11.4 Å². The van der Waals surface area contributed by atoms with Crippen LogP contribution in [0, 0.1) is 0 Å². The molecule has 1 heterocycles. The first kappa shape index (κ1) is 17.1. The van der Waals surface area contributed by atoms with Crippen molar-refractivity contribution in [1.82, 2.24) is 10.1 Å². The van der Waals surface area contributed by atoms with Crippen LogP contribution < -0.4 is 5.32 Å². The molecular formula is C13H15Cl2N3O3S. The van der Waals surface area contributed by atoms with Gasteiger partial charge in [0.25, 0.3) is 0 Å². The second-order valence-electron chi connectivity index (χ2n) is 5.05. The summed E-state index contributed by atoms with van der Waals surface area (Å²) in [5.41, 5.74) is 0.637. The summed E-state index contributed by atoms with van der Waals surface area (Å²) in [6.07, 6.45) is 1.65. The van der Waals surface area contributed by atoms with E-state index >= 15 is 0 Å². The van der Waals surface area contributed by atoms with Gasteiger partial charge in [0.1, 0.15) is 9.84 Å². The molecular weight excluding hydrogens is 349 g/mol. The maximum Gasteiger partial charge on any atom is 0.321 e. The van der Waals surface area contributed by atoms with Gasteiger partial charge in [-0.05, 0) is 31.5 Å². The summed E-state index contributed by atoms with van der Waals surface area (Å²) in [5, 5.41) is 7.76. The van der Waals surface area contributed by atoms with Crippen LogP contribution in [-0.4, -0.2) is 36.6 Å². The number of nitrogens with one attached hydrogen (secondary N) is 1. The van der Waals surface area contributed by atoms with E-state index in [1.165, 1.54) is 6.26 Å². The van der Waals surface area contributed by atoms with Crippen LogP contribution in [0.2, 0.25) is 10.0 Å². The largest absolute Gasteiger partial charge is 0.335 e. The smallest absolute Gasteiger partial charge is 0.321 e. The molecule has 2 aromatic rings. The molecule has 9 heteroatoms. The Labute approximate surface area is 138 Å². The summed E-state index contributed by atoms with van der Waals surface area (Å²) in [4.78, 5) is 4.19. The number of anilines is 1. The minimum Gasteiger partial charge on any atom is -0.335 e. The fourth-order valence-electron chi connectivity index (χ4n) is 1.76. The number of benzene rings is 1. The number of hydrogen-bond acceptors (Lipinski definition) is 6. The number of rotatable bonds is 6. The molecule has 1 aromatic carbocycles. The van der Waals surface area contributed by atoms with E-state index in [9.17, 15) is 8.42 Å². The molecule has 6 nitrogen and oxygen atoms in total. The van der Waals surface area contributed by atoms with Gasteiger partial charge in [0.2, 0.25) is 5.82 Å². The van der Waals surface area contributed by atoms with Crippen molar-refractivity contribution < 1.29 is 12.9 Å². The zero-order valence-electron chi connectivity index (χ0n) is 12.0. The van der Waals surface area contributed by atoms with E-state index in [1.807, 2.05) is 6.92 Å². The van der Waals surface area contributed by atoms with Crippen LogP contribution in [0.3, 0.4) is 0 Å². The molecule has 0 amide bonds. The number of nitrogens with zero attached hydrogens (tertiary/aromatic N) is 2. The molecule has 2 rings (SSSR count). The fraction of sp³-hybridized carbons (Fsp3) is 0.385. The van der Waals surface area contributed by atoms with Crippen molar-refractivity contribution in [2.45, 2.75) is 19.4 Å². The van der Waals surface area contributed by atoms with Crippen molar-refractivity contribution in [3.05, 3.63) is 28.2 Å². The summed E-state index contributed by atoms with van der Waals surface area (Å²) in [5.74, 6) is 0.439. The zero-order valence-corrected chi connectivity index (χ0v) is 14.3. The molecule has 0 saturated heterocycles. The van der Waals surface area contributed by atoms with E-state index in [0.29, 0.717) is 27.9 Å². The Morgan fingerprint density at radius 1 is 1.27 bits per heavy atom. The number of sulfone groups is 1. The molecule has 1 N–H and O–H groups in total. The molecule has 1 unspecified atom stereocenters.